The molecule has 0 bridgehead atoms. The summed E-state index contributed by atoms with van der Waals surface area (Å²) < 4.78 is 0. The predicted molar refractivity (Wildman–Crippen MR) is 116 cm³/mol. The second-order valence-corrected chi connectivity index (χ2v) is 7.86. The molecule has 1 aromatic heterocycles. The van der Waals surface area contributed by atoms with E-state index in [0.717, 1.165) is 22.8 Å². The summed E-state index contributed by atoms with van der Waals surface area (Å²) in [7, 11) is 9.53. The van der Waals surface area contributed by atoms with E-state index in [1.807, 2.05) is 62.4 Å². The van der Waals surface area contributed by atoms with Crippen LogP contribution in [0.3, 0.4) is 0 Å². The summed E-state index contributed by atoms with van der Waals surface area (Å²) in [5.41, 5.74) is 6.14. The Kier molecular flexibility index (Phi) is 10.1. The second-order valence-electron chi connectivity index (χ2n) is 6.04. The van der Waals surface area contributed by atoms with Crippen molar-refractivity contribution in [3.8, 4) is 0 Å². The predicted octanol–water partition coefficient (Wildman–Crippen LogP) is 6.04. The van der Waals surface area contributed by atoms with Crippen molar-refractivity contribution in [3.63, 3.8) is 0 Å². The molecule has 1 heterocycles. The van der Waals surface area contributed by atoms with Gasteiger partial charge < -0.3 is 4.98 Å². The summed E-state index contributed by atoms with van der Waals surface area (Å²) in [6.07, 6.45) is 0. The third kappa shape index (κ3) is 7.65. The van der Waals surface area contributed by atoms with Gasteiger partial charge in [0.1, 0.15) is 0 Å². The molecular weight excluding hydrogens is 433 g/mol. The van der Waals surface area contributed by atoms with Crippen LogP contribution in [0, 0.1) is 0 Å². The van der Waals surface area contributed by atoms with Crippen LogP contribution in [0.25, 0.3) is 0 Å². The maximum atomic E-state index is 4.76. The van der Waals surface area contributed by atoms with Crippen LogP contribution in [0.5, 0.6) is 0 Å². The Bertz CT molecular complexity index is 818. The van der Waals surface area contributed by atoms with Crippen molar-refractivity contribution in [2.75, 3.05) is 0 Å². The summed E-state index contributed by atoms with van der Waals surface area (Å²) in [5, 5.41) is 0. The molecule has 3 nitrogen and oxygen atoms in total. The molecule has 0 atom stereocenters. The number of aromatic nitrogens is 1. The topological polar surface area (TPSA) is 38.8 Å². The zero-order valence-corrected chi connectivity index (χ0v) is 18.4. The minimum absolute atomic E-state index is 0.194. The SMILES string of the molecule is CC(=NCc1ccccc1)c1ccc(C(C)=NCc2ccccc2)[n-]1.[Cl][Fe+][Cl]. The molecule has 0 saturated heterocycles. The fourth-order valence-electron chi connectivity index (χ4n) is 2.51. The van der Waals surface area contributed by atoms with Crippen LogP contribution in [0.2, 0.25) is 0 Å². The molecule has 0 aliphatic carbocycles. The molecule has 3 rings (SSSR count). The zero-order chi connectivity index (χ0) is 20.2. The molecule has 0 radical (unpaired) electrons. The first-order chi connectivity index (χ1) is 13.6. The quantitative estimate of drug-likeness (QED) is 0.330. The molecule has 0 aliphatic heterocycles. The second kappa shape index (κ2) is 12.6. The van der Waals surface area contributed by atoms with E-state index in [9.17, 15) is 0 Å². The molecule has 0 amide bonds. The van der Waals surface area contributed by atoms with Gasteiger partial charge in [-0.1, -0.05) is 72.8 Å². The third-order valence-corrected chi connectivity index (χ3v) is 4.06. The molecule has 0 saturated carbocycles. The van der Waals surface area contributed by atoms with Gasteiger partial charge in [0.25, 0.3) is 0 Å². The van der Waals surface area contributed by atoms with E-state index >= 15 is 0 Å². The van der Waals surface area contributed by atoms with E-state index in [1.165, 1.54) is 11.1 Å². The van der Waals surface area contributed by atoms with Crippen LogP contribution < -0.4 is 4.98 Å². The average molecular weight is 455 g/mol. The molecule has 3 aromatic rings. The van der Waals surface area contributed by atoms with Crippen molar-refractivity contribution >= 4 is 31.6 Å². The molecule has 0 aliphatic rings. The molecule has 0 fully saturated rings. The van der Waals surface area contributed by atoms with Crippen molar-refractivity contribution < 1.29 is 13.1 Å². The number of rotatable bonds is 6. The van der Waals surface area contributed by atoms with Crippen molar-refractivity contribution in [1.29, 1.82) is 0 Å². The van der Waals surface area contributed by atoms with Gasteiger partial charge in [0, 0.05) is 11.4 Å². The van der Waals surface area contributed by atoms with E-state index in [1.54, 1.807) is 0 Å². The van der Waals surface area contributed by atoms with Gasteiger partial charge in [-0.05, 0) is 25.0 Å². The average Bonchev–Trinajstić information content (AvgIpc) is 3.23. The maximum absolute atomic E-state index is 4.76. The Morgan fingerprint density at radius 1 is 0.714 bits per heavy atom. The first-order valence-corrected chi connectivity index (χ1v) is 11.8. The monoisotopic (exact) mass is 454 g/mol. The number of aliphatic imine (C=N–C) groups is 2. The van der Waals surface area contributed by atoms with Crippen LogP contribution in [-0.4, -0.2) is 11.4 Å². The molecule has 0 unspecified atom stereocenters. The molecular formula is C22H22Cl2FeN3. The van der Waals surface area contributed by atoms with Crippen molar-refractivity contribution in [3.05, 3.63) is 95.3 Å². The van der Waals surface area contributed by atoms with E-state index < -0.39 is 0 Å². The molecule has 0 spiro atoms. The summed E-state index contributed by atoms with van der Waals surface area (Å²) in [6, 6.07) is 24.5. The van der Waals surface area contributed by atoms with Gasteiger partial charge in [-0.25, -0.2) is 0 Å². The number of hydrogen-bond acceptors (Lipinski definition) is 2. The van der Waals surface area contributed by atoms with E-state index in [-0.39, 0.29) is 13.1 Å². The van der Waals surface area contributed by atoms with Gasteiger partial charge in [-0.15, -0.1) is 11.4 Å². The Morgan fingerprint density at radius 2 is 1.07 bits per heavy atom. The standard InChI is InChI=1S/C22H22N3.2ClH.Fe/c1-17(23-15-19-9-5-3-6-10-19)21-13-14-22(25-21)18(2)24-16-20-11-7-4-8-12-20;;;/h3-14H,15-16H2,1-2H3;2*1H;/q-1;;;+3/p-2. The first kappa shape index (κ1) is 22.4. The third-order valence-electron chi connectivity index (χ3n) is 4.06. The van der Waals surface area contributed by atoms with Gasteiger partial charge in [0.2, 0.25) is 0 Å². The van der Waals surface area contributed by atoms with Gasteiger partial charge >= 0.3 is 33.3 Å². The van der Waals surface area contributed by atoms with Crippen molar-refractivity contribution in [1.82, 2.24) is 4.98 Å². The number of nitrogens with zero attached hydrogens (tertiary/aromatic N) is 3. The number of benzene rings is 2. The summed E-state index contributed by atoms with van der Waals surface area (Å²) in [5.74, 6) is 0. The van der Waals surface area contributed by atoms with Gasteiger partial charge in [-0.2, -0.15) is 0 Å². The van der Waals surface area contributed by atoms with E-state index in [2.05, 4.69) is 39.2 Å². The summed E-state index contributed by atoms with van der Waals surface area (Å²) in [6.45, 7) is 5.36. The fourth-order valence-corrected chi connectivity index (χ4v) is 2.51. The van der Waals surface area contributed by atoms with Crippen LogP contribution in [0.1, 0.15) is 36.4 Å². The molecule has 0 N–H and O–H groups in total. The normalized spacial score (nSPS) is 11.7. The van der Waals surface area contributed by atoms with Crippen LogP contribution in [0.4, 0.5) is 0 Å². The van der Waals surface area contributed by atoms with E-state index in [0.29, 0.717) is 13.1 Å². The minimum atomic E-state index is 0.194. The summed E-state index contributed by atoms with van der Waals surface area (Å²) >= 11 is 0.194. The molecule has 28 heavy (non-hydrogen) atoms. The van der Waals surface area contributed by atoms with Crippen molar-refractivity contribution in [2.45, 2.75) is 26.9 Å². The molecule has 6 heteroatoms. The van der Waals surface area contributed by atoms with Crippen molar-refractivity contribution in [2.24, 2.45) is 9.98 Å². The van der Waals surface area contributed by atoms with Crippen LogP contribution >= 0.6 is 20.2 Å². The zero-order valence-electron chi connectivity index (χ0n) is 15.8. The number of halogens is 2. The molecule has 147 valence electrons. The van der Waals surface area contributed by atoms with Crippen LogP contribution in [-0.2, 0) is 26.2 Å². The van der Waals surface area contributed by atoms with Gasteiger partial charge in [0.05, 0.1) is 13.1 Å². The molecule has 2 aromatic carbocycles. The Labute approximate surface area is 181 Å². The van der Waals surface area contributed by atoms with Gasteiger partial charge in [0.15, 0.2) is 0 Å². The Balaban J connectivity index is 0.000000878. The number of hydrogen-bond donors (Lipinski definition) is 0. The first-order valence-electron chi connectivity index (χ1n) is 8.73. The Hall–Kier alpha value is -1.84. The fraction of sp³-hybridized carbons (Fsp3) is 0.182. The van der Waals surface area contributed by atoms with Crippen LogP contribution in [0.15, 0.2) is 82.8 Å². The van der Waals surface area contributed by atoms with E-state index in [4.69, 9.17) is 20.2 Å². The summed E-state index contributed by atoms with van der Waals surface area (Å²) in [4.78, 5) is 14.0. The van der Waals surface area contributed by atoms with Gasteiger partial charge in [-0.3, -0.25) is 9.98 Å². The Morgan fingerprint density at radius 3 is 1.43 bits per heavy atom.